The molecular formula is C12H15N3O. The second-order valence-corrected chi connectivity index (χ2v) is 3.59. The third-order valence-corrected chi connectivity index (χ3v) is 2.42. The van der Waals surface area contributed by atoms with Gasteiger partial charge in [-0.1, -0.05) is 0 Å². The minimum Gasteiger partial charge on any atom is -0.494 e. The minimum absolute atomic E-state index is 0.667. The molecule has 4 nitrogen and oxygen atoms in total. The first kappa shape index (κ1) is 10.7. The van der Waals surface area contributed by atoms with Crippen molar-refractivity contribution in [1.29, 1.82) is 0 Å². The molecular weight excluding hydrogens is 202 g/mol. The normalized spacial score (nSPS) is 10.4. The molecule has 16 heavy (non-hydrogen) atoms. The SMILES string of the molecule is CCOc1ccc2nc(NN)c(C)cc2c1. The van der Waals surface area contributed by atoms with Crippen LogP contribution in [0.25, 0.3) is 10.9 Å². The van der Waals surface area contributed by atoms with Crippen molar-refractivity contribution in [1.82, 2.24) is 4.98 Å². The van der Waals surface area contributed by atoms with E-state index in [1.165, 1.54) is 0 Å². The fourth-order valence-electron chi connectivity index (χ4n) is 1.66. The molecule has 0 amide bonds. The summed E-state index contributed by atoms with van der Waals surface area (Å²) in [4.78, 5) is 4.40. The van der Waals surface area contributed by atoms with Crippen LogP contribution >= 0.6 is 0 Å². The van der Waals surface area contributed by atoms with E-state index in [0.717, 1.165) is 22.2 Å². The van der Waals surface area contributed by atoms with Gasteiger partial charge in [0, 0.05) is 5.39 Å². The van der Waals surface area contributed by atoms with Gasteiger partial charge in [-0.25, -0.2) is 10.8 Å². The van der Waals surface area contributed by atoms with Crippen LogP contribution in [0.3, 0.4) is 0 Å². The molecule has 1 aromatic carbocycles. The highest BCUT2D eigenvalue weighted by Crippen LogP contribution is 2.23. The van der Waals surface area contributed by atoms with E-state index in [4.69, 9.17) is 10.6 Å². The zero-order valence-electron chi connectivity index (χ0n) is 9.45. The molecule has 0 unspecified atom stereocenters. The van der Waals surface area contributed by atoms with Crippen molar-refractivity contribution in [2.45, 2.75) is 13.8 Å². The molecule has 0 atom stereocenters. The number of ether oxygens (including phenoxy) is 1. The van der Waals surface area contributed by atoms with E-state index in [9.17, 15) is 0 Å². The Morgan fingerprint density at radius 1 is 1.38 bits per heavy atom. The molecule has 0 spiro atoms. The Hall–Kier alpha value is -1.81. The number of nitrogens with two attached hydrogens (primary N) is 1. The van der Waals surface area contributed by atoms with Crippen LogP contribution in [0.15, 0.2) is 24.3 Å². The molecule has 1 heterocycles. The van der Waals surface area contributed by atoms with E-state index >= 15 is 0 Å². The molecule has 0 aliphatic heterocycles. The fourth-order valence-corrected chi connectivity index (χ4v) is 1.66. The average molecular weight is 217 g/mol. The first-order valence-corrected chi connectivity index (χ1v) is 5.25. The molecule has 0 saturated carbocycles. The first-order valence-electron chi connectivity index (χ1n) is 5.25. The van der Waals surface area contributed by atoms with Crippen LogP contribution in [0.2, 0.25) is 0 Å². The Labute approximate surface area is 94.4 Å². The van der Waals surface area contributed by atoms with Crippen molar-refractivity contribution in [2.75, 3.05) is 12.0 Å². The van der Waals surface area contributed by atoms with Crippen LogP contribution in [0.1, 0.15) is 12.5 Å². The van der Waals surface area contributed by atoms with Crippen molar-refractivity contribution < 1.29 is 4.74 Å². The van der Waals surface area contributed by atoms with Crippen LogP contribution in [0.4, 0.5) is 5.82 Å². The first-order chi connectivity index (χ1) is 7.74. The summed E-state index contributed by atoms with van der Waals surface area (Å²) in [5.41, 5.74) is 4.51. The number of anilines is 1. The predicted octanol–water partition coefficient (Wildman–Crippen LogP) is 2.23. The number of nitrogens with zero attached hydrogens (tertiary/aromatic N) is 1. The molecule has 3 N–H and O–H groups in total. The molecule has 0 aliphatic carbocycles. The highest BCUT2D eigenvalue weighted by molar-refractivity contribution is 5.83. The summed E-state index contributed by atoms with van der Waals surface area (Å²) in [6.45, 7) is 4.60. The quantitative estimate of drug-likeness (QED) is 0.611. The molecule has 0 radical (unpaired) electrons. The molecule has 0 bridgehead atoms. The summed E-state index contributed by atoms with van der Waals surface area (Å²) in [5.74, 6) is 6.95. The van der Waals surface area contributed by atoms with Gasteiger partial charge in [-0.2, -0.15) is 0 Å². The molecule has 0 aliphatic rings. The molecule has 2 rings (SSSR count). The summed E-state index contributed by atoms with van der Waals surface area (Å²) < 4.78 is 5.44. The Kier molecular flexibility index (Phi) is 2.92. The van der Waals surface area contributed by atoms with Crippen LogP contribution < -0.4 is 16.0 Å². The summed E-state index contributed by atoms with van der Waals surface area (Å²) in [7, 11) is 0. The van der Waals surface area contributed by atoms with E-state index < -0.39 is 0 Å². The maximum atomic E-state index is 5.44. The highest BCUT2D eigenvalue weighted by Gasteiger charge is 2.03. The van der Waals surface area contributed by atoms with Gasteiger partial charge in [-0.05, 0) is 43.7 Å². The molecule has 84 valence electrons. The summed E-state index contributed by atoms with van der Waals surface area (Å²) >= 11 is 0. The Morgan fingerprint density at radius 3 is 2.88 bits per heavy atom. The van der Waals surface area contributed by atoms with Gasteiger partial charge in [0.05, 0.1) is 12.1 Å². The topological polar surface area (TPSA) is 60.2 Å². The Balaban J connectivity index is 2.53. The number of hydrogen-bond acceptors (Lipinski definition) is 4. The molecule has 4 heteroatoms. The van der Waals surface area contributed by atoms with E-state index in [2.05, 4.69) is 10.4 Å². The average Bonchev–Trinajstić information content (AvgIpc) is 2.28. The lowest BCUT2D eigenvalue weighted by Gasteiger charge is -2.08. The molecule has 0 fully saturated rings. The lowest BCUT2D eigenvalue weighted by Crippen LogP contribution is -2.10. The van der Waals surface area contributed by atoms with Crippen LogP contribution in [-0.2, 0) is 0 Å². The fraction of sp³-hybridized carbons (Fsp3) is 0.250. The Morgan fingerprint density at radius 2 is 2.19 bits per heavy atom. The van der Waals surface area contributed by atoms with Crippen molar-refractivity contribution in [2.24, 2.45) is 5.84 Å². The Bertz CT molecular complexity index is 511. The van der Waals surface area contributed by atoms with Crippen LogP contribution in [0, 0.1) is 6.92 Å². The molecule has 1 aromatic heterocycles. The second kappa shape index (κ2) is 4.37. The number of hydrazine groups is 1. The highest BCUT2D eigenvalue weighted by atomic mass is 16.5. The largest absolute Gasteiger partial charge is 0.494 e. The smallest absolute Gasteiger partial charge is 0.143 e. The number of benzene rings is 1. The van der Waals surface area contributed by atoms with Crippen molar-refractivity contribution >= 4 is 16.7 Å². The second-order valence-electron chi connectivity index (χ2n) is 3.59. The van der Waals surface area contributed by atoms with Gasteiger partial charge in [0.1, 0.15) is 11.6 Å². The summed E-state index contributed by atoms with van der Waals surface area (Å²) in [6, 6.07) is 7.87. The van der Waals surface area contributed by atoms with E-state index in [1.807, 2.05) is 38.1 Å². The van der Waals surface area contributed by atoms with Crippen molar-refractivity contribution in [3.8, 4) is 5.75 Å². The number of aryl methyl sites for hydroxylation is 1. The maximum Gasteiger partial charge on any atom is 0.143 e. The van der Waals surface area contributed by atoms with Gasteiger partial charge in [-0.3, -0.25) is 0 Å². The van der Waals surface area contributed by atoms with Gasteiger partial charge in [0.2, 0.25) is 0 Å². The van der Waals surface area contributed by atoms with Crippen molar-refractivity contribution in [3.63, 3.8) is 0 Å². The molecule has 2 aromatic rings. The van der Waals surface area contributed by atoms with Crippen LogP contribution in [-0.4, -0.2) is 11.6 Å². The standard InChI is InChI=1S/C12H15N3O/c1-3-16-10-4-5-11-9(7-10)6-8(2)12(14-11)15-13/h4-7H,3,13H2,1-2H3,(H,14,15). The third-order valence-electron chi connectivity index (χ3n) is 2.42. The third kappa shape index (κ3) is 1.92. The van der Waals surface area contributed by atoms with E-state index in [1.54, 1.807) is 0 Å². The van der Waals surface area contributed by atoms with Crippen molar-refractivity contribution in [3.05, 3.63) is 29.8 Å². The lowest BCUT2D eigenvalue weighted by atomic mass is 10.1. The van der Waals surface area contributed by atoms with Crippen LogP contribution in [0.5, 0.6) is 5.75 Å². The van der Waals surface area contributed by atoms with E-state index in [0.29, 0.717) is 12.4 Å². The number of nitrogen functional groups attached to an aromatic ring is 1. The predicted molar refractivity (Wildman–Crippen MR) is 65.5 cm³/mol. The number of pyridine rings is 1. The summed E-state index contributed by atoms with van der Waals surface area (Å²) in [6.07, 6.45) is 0. The molecule has 0 saturated heterocycles. The van der Waals surface area contributed by atoms with Gasteiger partial charge in [0.15, 0.2) is 0 Å². The van der Waals surface area contributed by atoms with Gasteiger partial charge < -0.3 is 10.2 Å². The van der Waals surface area contributed by atoms with E-state index in [-0.39, 0.29) is 0 Å². The number of nitrogens with one attached hydrogen (secondary N) is 1. The zero-order chi connectivity index (χ0) is 11.5. The minimum atomic E-state index is 0.667. The number of aromatic nitrogens is 1. The number of fused-ring (bicyclic) bond motifs is 1. The van der Waals surface area contributed by atoms with Gasteiger partial charge >= 0.3 is 0 Å². The number of hydrogen-bond donors (Lipinski definition) is 2. The maximum absolute atomic E-state index is 5.44. The van der Waals surface area contributed by atoms with Gasteiger partial charge in [-0.15, -0.1) is 0 Å². The lowest BCUT2D eigenvalue weighted by molar-refractivity contribution is 0.340. The monoisotopic (exact) mass is 217 g/mol. The summed E-state index contributed by atoms with van der Waals surface area (Å²) in [5, 5.41) is 1.06. The zero-order valence-corrected chi connectivity index (χ0v) is 9.45. The number of rotatable bonds is 3. The van der Waals surface area contributed by atoms with Gasteiger partial charge in [0.25, 0.3) is 0 Å².